The third-order valence-electron chi connectivity index (χ3n) is 8.40. The van der Waals surface area contributed by atoms with Gasteiger partial charge in [0.2, 0.25) is 18.1 Å². The number of carbonyl (C=O) groups is 1. The molecule has 0 saturated carbocycles. The Bertz CT molecular complexity index is 2630. The van der Waals surface area contributed by atoms with Crippen LogP contribution in [0.1, 0.15) is 10.4 Å². The number of aromatic hydroxyl groups is 4. The van der Waals surface area contributed by atoms with Crippen LogP contribution in [-0.4, -0.2) is 52.5 Å². The van der Waals surface area contributed by atoms with Gasteiger partial charge in [0, 0.05) is 10.8 Å². The second-order valence-electron chi connectivity index (χ2n) is 11.1. The molecule has 14 heteroatoms. The minimum absolute atomic E-state index is 0.273. The summed E-state index contributed by atoms with van der Waals surface area (Å²) in [6.07, 6.45) is 2.09. The van der Waals surface area contributed by atoms with Crippen molar-refractivity contribution in [3.05, 3.63) is 70.7 Å². The van der Waals surface area contributed by atoms with E-state index in [1.165, 1.54) is 0 Å². The lowest BCUT2D eigenvalue weighted by atomic mass is 10.00. The smallest absolute Gasteiger partial charge is 0.344 e. The Morgan fingerprint density at radius 2 is 1.51 bits per heavy atom. The summed E-state index contributed by atoms with van der Waals surface area (Å²) in [5.74, 6) is -3.51. The van der Waals surface area contributed by atoms with Crippen molar-refractivity contribution < 1.29 is 63.4 Å². The van der Waals surface area contributed by atoms with Crippen LogP contribution < -0.4 is 34.2 Å². The van der Waals surface area contributed by atoms with Crippen molar-refractivity contribution >= 4 is 60.2 Å². The number of phenols is 4. The molecule has 0 atom stereocenters. The molecule has 0 spiro atoms. The van der Waals surface area contributed by atoms with Crippen molar-refractivity contribution in [1.29, 1.82) is 0 Å². The van der Waals surface area contributed by atoms with Gasteiger partial charge in [-0.1, -0.05) is 11.8 Å². The average Bonchev–Trinajstić information content (AvgIpc) is 3.55. The average molecular weight is 668 g/mol. The van der Waals surface area contributed by atoms with Gasteiger partial charge in [-0.2, -0.15) is 4.57 Å². The molecule has 1 aliphatic rings. The topological polar surface area (TPSA) is 212 Å². The molecule has 7 aromatic rings. The van der Waals surface area contributed by atoms with Gasteiger partial charge in [0.1, 0.15) is 12.8 Å². The van der Waals surface area contributed by atoms with E-state index in [4.69, 9.17) is 23.4 Å². The van der Waals surface area contributed by atoms with Crippen LogP contribution in [0.25, 0.3) is 54.2 Å². The number of fused-ring (bicyclic) bond motifs is 9. The number of hydrogen-bond donors (Lipinski definition) is 5. The molecule has 0 radical (unpaired) electrons. The standard InChI is InChI=1S/C21H18NO4.C14H8O9/c1-22-10-16-13(6-7-17(23-2)21(16)24-3)14-5-4-12-8-18-19(26-11-25-18)9-15(12)20(14)22;15-5-2-4-7(11(19)9(5)17)8-3(13(20)21)1-6(16)10(18)12(8)23-14(4)22/h4-10H,11H2,1-3H3;1-2,15-19H,(H,20,21)/q+1;/p-1. The highest BCUT2D eigenvalue weighted by molar-refractivity contribution is 6.19. The normalized spacial score (nSPS) is 12.1. The Labute approximate surface area is 273 Å². The van der Waals surface area contributed by atoms with Crippen LogP contribution in [0.2, 0.25) is 0 Å². The maximum atomic E-state index is 12.2. The summed E-state index contributed by atoms with van der Waals surface area (Å²) < 4.78 is 29.1. The number of aromatic nitrogens is 1. The van der Waals surface area contributed by atoms with Gasteiger partial charge in [-0.15, -0.1) is 0 Å². The van der Waals surface area contributed by atoms with Crippen LogP contribution >= 0.6 is 0 Å². The molecule has 2 aromatic heterocycles. The molecule has 0 aliphatic carbocycles. The number of methoxy groups -OCH3 is 2. The van der Waals surface area contributed by atoms with Crippen molar-refractivity contribution in [2.24, 2.45) is 7.05 Å². The molecule has 8 rings (SSSR count). The fourth-order valence-corrected chi connectivity index (χ4v) is 6.21. The van der Waals surface area contributed by atoms with Crippen molar-refractivity contribution in [3.63, 3.8) is 0 Å². The number of pyridine rings is 1. The quantitative estimate of drug-likeness (QED) is 0.0772. The van der Waals surface area contributed by atoms with Crippen LogP contribution in [0.4, 0.5) is 0 Å². The van der Waals surface area contributed by atoms with Gasteiger partial charge < -0.3 is 54.0 Å². The molecule has 49 heavy (non-hydrogen) atoms. The number of phenolic OH excluding ortho intramolecular Hbond substituents is 4. The number of nitrogens with zero attached hydrogens (tertiary/aromatic N) is 1. The Balaban J connectivity index is 0.000000156. The van der Waals surface area contributed by atoms with Gasteiger partial charge >= 0.3 is 11.6 Å². The maximum Gasteiger partial charge on any atom is 0.344 e. The summed E-state index contributed by atoms with van der Waals surface area (Å²) in [5, 5.41) is 63.7. The van der Waals surface area contributed by atoms with Crippen molar-refractivity contribution in [2.75, 3.05) is 21.0 Å². The predicted octanol–water partition coefficient (Wildman–Crippen LogP) is 4.26. The summed E-state index contributed by atoms with van der Waals surface area (Å²) in [4.78, 5) is 23.3. The zero-order valence-corrected chi connectivity index (χ0v) is 25.9. The van der Waals surface area contributed by atoms with E-state index in [0.717, 1.165) is 61.5 Å². The Morgan fingerprint density at radius 1 is 0.816 bits per heavy atom. The highest BCUT2D eigenvalue weighted by Crippen LogP contribution is 2.46. The minimum Gasteiger partial charge on any atom is -0.869 e. The highest BCUT2D eigenvalue weighted by Gasteiger charge is 2.24. The van der Waals surface area contributed by atoms with Gasteiger partial charge in [0.05, 0.1) is 41.3 Å². The maximum absolute atomic E-state index is 12.2. The highest BCUT2D eigenvalue weighted by atomic mass is 16.7. The van der Waals surface area contributed by atoms with Crippen molar-refractivity contribution in [3.8, 4) is 51.7 Å². The number of carboxylic acids is 1. The van der Waals surface area contributed by atoms with E-state index < -0.39 is 67.6 Å². The number of carboxylic acid groups (broad SMARTS) is 1. The van der Waals surface area contributed by atoms with E-state index in [1.807, 2.05) is 19.2 Å². The molecule has 0 amide bonds. The van der Waals surface area contributed by atoms with Crippen LogP contribution in [0.3, 0.4) is 0 Å². The molecule has 0 unspecified atom stereocenters. The fraction of sp³-hybridized carbons (Fsp3) is 0.114. The largest absolute Gasteiger partial charge is 0.869 e. The second kappa shape index (κ2) is 11.2. The first-order chi connectivity index (χ1) is 23.4. The molecular formula is C35H25NO13. The van der Waals surface area contributed by atoms with E-state index in [0.29, 0.717) is 6.07 Å². The summed E-state index contributed by atoms with van der Waals surface area (Å²) in [6.45, 7) is 0.273. The number of ether oxygens (including phenoxy) is 4. The first-order valence-electron chi connectivity index (χ1n) is 14.4. The van der Waals surface area contributed by atoms with Crippen LogP contribution in [0, 0.1) is 0 Å². The van der Waals surface area contributed by atoms with Gasteiger partial charge in [0.25, 0.3) is 0 Å². The van der Waals surface area contributed by atoms with Gasteiger partial charge in [-0.05, 0) is 53.2 Å². The Hall–Kier alpha value is -6.83. The Morgan fingerprint density at radius 3 is 2.20 bits per heavy atom. The SMILES string of the molecule is COc1ccc2c(c[n+](C)c3c4cc5c(cc4ccc23)OCO5)c1OC.O=C(O)c1cc(O)c(O)c2oc(=O)c3cc(O)c(O)c([O-])c3c12. The van der Waals surface area contributed by atoms with E-state index in [1.54, 1.807) is 14.2 Å². The molecule has 14 nitrogen and oxygen atoms in total. The van der Waals surface area contributed by atoms with Gasteiger partial charge in [-0.3, -0.25) is 0 Å². The molecule has 3 heterocycles. The van der Waals surface area contributed by atoms with Gasteiger partial charge in [-0.25, -0.2) is 9.59 Å². The number of aromatic carboxylic acids is 1. The first-order valence-corrected chi connectivity index (χ1v) is 14.4. The van der Waals surface area contributed by atoms with Gasteiger partial charge in [0.15, 0.2) is 46.3 Å². The van der Waals surface area contributed by atoms with Crippen LogP contribution in [-0.2, 0) is 7.05 Å². The molecule has 0 saturated heterocycles. The zero-order valence-electron chi connectivity index (χ0n) is 25.9. The first kappa shape index (κ1) is 30.8. The van der Waals surface area contributed by atoms with Crippen molar-refractivity contribution in [1.82, 2.24) is 0 Å². The number of rotatable bonds is 3. The van der Waals surface area contributed by atoms with E-state index in [-0.39, 0.29) is 6.79 Å². The molecule has 0 bridgehead atoms. The zero-order chi connectivity index (χ0) is 34.9. The summed E-state index contributed by atoms with van der Waals surface area (Å²) >= 11 is 0. The summed E-state index contributed by atoms with van der Waals surface area (Å²) in [5.41, 5.74) is -1.38. The molecule has 0 fully saturated rings. The van der Waals surface area contributed by atoms with E-state index in [9.17, 15) is 40.2 Å². The molecular weight excluding hydrogens is 642 g/mol. The second-order valence-corrected chi connectivity index (χ2v) is 11.1. The van der Waals surface area contributed by atoms with Crippen LogP contribution in [0.15, 0.2) is 63.9 Å². The molecule has 248 valence electrons. The third kappa shape index (κ3) is 4.60. The summed E-state index contributed by atoms with van der Waals surface area (Å²) in [7, 11) is 5.37. The van der Waals surface area contributed by atoms with E-state index in [2.05, 4.69) is 35.0 Å². The molecule has 1 aliphatic heterocycles. The predicted molar refractivity (Wildman–Crippen MR) is 172 cm³/mol. The third-order valence-corrected chi connectivity index (χ3v) is 8.40. The number of hydrogen-bond acceptors (Lipinski definition) is 12. The fourth-order valence-electron chi connectivity index (χ4n) is 6.21. The number of benzene rings is 5. The van der Waals surface area contributed by atoms with E-state index >= 15 is 0 Å². The lowest BCUT2D eigenvalue weighted by Gasteiger charge is -2.16. The lowest BCUT2D eigenvalue weighted by molar-refractivity contribution is -0.642. The monoisotopic (exact) mass is 667 g/mol. The Kier molecular flexibility index (Phi) is 7.01. The lowest BCUT2D eigenvalue weighted by Crippen LogP contribution is -2.28. The number of aryl methyl sites for hydroxylation is 1. The van der Waals surface area contributed by atoms with Crippen molar-refractivity contribution in [2.45, 2.75) is 0 Å². The molecule has 5 N–H and O–H groups in total. The van der Waals surface area contributed by atoms with Crippen LogP contribution in [0.5, 0.6) is 51.7 Å². The minimum atomic E-state index is -1.58. The summed E-state index contributed by atoms with van der Waals surface area (Å²) in [6, 6.07) is 13.8. The molecule has 5 aromatic carbocycles.